The molecule has 2 fully saturated rings. The molecule has 0 aromatic carbocycles. The van der Waals surface area contributed by atoms with E-state index in [4.69, 9.17) is 0 Å². The molecule has 2 saturated heterocycles. The molecule has 0 saturated carbocycles. The zero-order chi connectivity index (χ0) is 20.1. The molecule has 0 radical (unpaired) electrons. The largest absolute Gasteiger partial charge is 0.351 e. The minimum atomic E-state index is -0.0281. The van der Waals surface area contributed by atoms with Gasteiger partial charge in [0, 0.05) is 57.6 Å². The van der Waals surface area contributed by atoms with Gasteiger partial charge in [-0.25, -0.2) is 4.98 Å². The first kappa shape index (κ1) is 24.3. The number of piperazine rings is 1. The van der Waals surface area contributed by atoms with E-state index in [0.29, 0.717) is 12.5 Å². The van der Waals surface area contributed by atoms with Crippen LogP contribution >= 0.6 is 35.3 Å². The Morgan fingerprint density at radius 2 is 1.79 bits per heavy atom. The molecule has 164 valence electrons. The molecule has 1 unspecified atom stereocenters. The lowest BCUT2D eigenvalue weighted by atomic mass is 10.2. The molecular weight excluding hydrogens is 499 g/mol. The fraction of sp³-hybridized carbons (Fsp3) is 0.750. The summed E-state index contributed by atoms with van der Waals surface area (Å²) in [5.74, 6) is 1.67. The van der Waals surface area contributed by atoms with Crippen molar-refractivity contribution in [1.29, 1.82) is 0 Å². The number of carbonyl (C=O) groups excluding carboxylic acids is 1. The van der Waals surface area contributed by atoms with Crippen molar-refractivity contribution in [3.8, 4) is 0 Å². The van der Waals surface area contributed by atoms with Crippen molar-refractivity contribution >= 4 is 47.2 Å². The van der Waals surface area contributed by atoms with Gasteiger partial charge in [0.2, 0.25) is 5.91 Å². The van der Waals surface area contributed by atoms with Crippen molar-refractivity contribution in [1.82, 2.24) is 25.0 Å². The van der Waals surface area contributed by atoms with E-state index in [9.17, 15) is 4.79 Å². The molecule has 7 nitrogen and oxygen atoms in total. The Bertz CT molecular complexity index is 680. The van der Waals surface area contributed by atoms with Crippen LogP contribution in [0.3, 0.4) is 0 Å². The highest BCUT2D eigenvalue weighted by Gasteiger charge is 2.30. The maximum absolute atomic E-state index is 12.7. The third kappa shape index (κ3) is 6.27. The molecule has 1 aromatic heterocycles. The van der Waals surface area contributed by atoms with Crippen LogP contribution in [0.1, 0.15) is 50.2 Å². The van der Waals surface area contributed by atoms with Crippen LogP contribution in [-0.2, 0) is 11.3 Å². The van der Waals surface area contributed by atoms with Crippen LogP contribution in [0, 0.1) is 0 Å². The number of aromatic nitrogens is 1. The molecule has 2 aliphatic heterocycles. The Labute approximate surface area is 196 Å². The summed E-state index contributed by atoms with van der Waals surface area (Å²) in [7, 11) is 1.83. The summed E-state index contributed by atoms with van der Waals surface area (Å²) >= 11 is 1.72. The third-order valence-electron chi connectivity index (χ3n) is 5.64. The Hall–Kier alpha value is -0.940. The van der Waals surface area contributed by atoms with E-state index in [2.05, 4.69) is 51.2 Å². The topological polar surface area (TPSA) is 64.1 Å². The molecule has 1 N–H and O–H groups in total. The predicted octanol–water partition coefficient (Wildman–Crippen LogP) is 2.59. The van der Waals surface area contributed by atoms with Crippen molar-refractivity contribution in [3.63, 3.8) is 0 Å². The quantitative estimate of drug-likeness (QED) is 0.358. The molecule has 1 aromatic rings. The van der Waals surface area contributed by atoms with Crippen LogP contribution < -0.4 is 5.32 Å². The Balaban J connectivity index is 0.00000300. The summed E-state index contributed by atoms with van der Waals surface area (Å²) in [5.41, 5.74) is 1.07. The van der Waals surface area contributed by atoms with E-state index in [-0.39, 0.29) is 35.9 Å². The van der Waals surface area contributed by atoms with Crippen LogP contribution in [0.25, 0.3) is 0 Å². The Morgan fingerprint density at radius 3 is 2.34 bits per heavy atom. The number of hydrogen-bond acceptors (Lipinski definition) is 5. The summed E-state index contributed by atoms with van der Waals surface area (Å²) in [4.78, 5) is 28.4. The SMILES string of the molecule is CN=C(NCc1csc(C(C)C)n1)N1CCN(C(C)C(=O)N2CCCC2)CC1.I. The molecule has 3 heterocycles. The number of guanidine groups is 1. The third-order valence-corrected chi connectivity index (χ3v) is 6.83. The number of hydrogen-bond donors (Lipinski definition) is 1. The smallest absolute Gasteiger partial charge is 0.239 e. The summed E-state index contributed by atoms with van der Waals surface area (Å²) in [6.45, 7) is 12.5. The molecule has 1 amide bonds. The number of halogens is 1. The van der Waals surface area contributed by atoms with Crippen molar-refractivity contribution in [3.05, 3.63) is 16.1 Å². The lowest BCUT2D eigenvalue weighted by Gasteiger charge is -2.39. The number of carbonyl (C=O) groups is 1. The van der Waals surface area contributed by atoms with E-state index in [0.717, 1.165) is 63.8 Å². The lowest BCUT2D eigenvalue weighted by Crippen LogP contribution is -2.57. The average Bonchev–Trinajstić information content (AvgIpc) is 3.40. The lowest BCUT2D eigenvalue weighted by molar-refractivity contribution is -0.135. The molecule has 2 aliphatic rings. The highest BCUT2D eigenvalue weighted by molar-refractivity contribution is 14.0. The van der Waals surface area contributed by atoms with Crippen molar-refractivity contribution in [2.24, 2.45) is 4.99 Å². The summed E-state index contributed by atoms with van der Waals surface area (Å²) in [6.07, 6.45) is 2.29. The highest BCUT2D eigenvalue weighted by atomic mass is 127. The maximum Gasteiger partial charge on any atom is 0.239 e. The molecule has 29 heavy (non-hydrogen) atoms. The first-order chi connectivity index (χ1) is 13.5. The van der Waals surface area contributed by atoms with Gasteiger partial charge in [0.15, 0.2) is 5.96 Å². The van der Waals surface area contributed by atoms with Crippen molar-refractivity contribution in [2.45, 2.75) is 52.1 Å². The molecule has 3 rings (SSSR count). The van der Waals surface area contributed by atoms with E-state index in [1.807, 2.05) is 11.9 Å². The number of aliphatic imine (C=N–C) groups is 1. The fourth-order valence-corrected chi connectivity index (χ4v) is 4.68. The molecule has 0 bridgehead atoms. The summed E-state index contributed by atoms with van der Waals surface area (Å²) in [5, 5.41) is 6.75. The van der Waals surface area contributed by atoms with Gasteiger partial charge in [-0.3, -0.25) is 14.7 Å². The fourth-order valence-electron chi connectivity index (χ4n) is 3.85. The summed E-state index contributed by atoms with van der Waals surface area (Å²) in [6, 6.07) is -0.0281. The summed E-state index contributed by atoms with van der Waals surface area (Å²) < 4.78 is 0. The number of rotatable bonds is 5. The van der Waals surface area contributed by atoms with Crippen LogP contribution in [-0.4, -0.2) is 83.9 Å². The van der Waals surface area contributed by atoms with Crippen LogP contribution in [0.2, 0.25) is 0 Å². The van der Waals surface area contributed by atoms with Crippen molar-refractivity contribution < 1.29 is 4.79 Å². The van der Waals surface area contributed by atoms with Crippen LogP contribution in [0.15, 0.2) is 10.4 Å². The van der Waals surface area contributed by atoms with Gasteiger partial charge in [0.1, 0.15) is 0 Å². The molecule has 0 spiro atoms. The first-order valence-electron chi connectivity index (χ1n) is 10.4. The number of likely N-dealkylation sites (tertiary alicyclic amines) is 1. The molecular formula is C20H35IN6OS. The molecule has 0 aliphatic carbocycles. The highest BCUT2D eigenvalue weighted by Crippen LogP contribution is 2.19. The maximum atomic E-state index is 12.7. The number of nitrogens with one attached hydrogen (secondary N) is 1. The number of nitrogens with zero attached hydrogens (tertiary/aromatic N) is 5. The van der Waals surface area contributed by atoms with Gasteiger partial charge in [0.05, 0.1) is 23.3 Å². The zero-order valence-corrected chi connectivity index (χ0v) is 21.2. The van der Waals surface area contributed by atoms with E-state index >= 15 is 0 Å². The van der Waals surface area contributed by atoms with Gasteiger partial charge in [0.25, 0.3) is 0 Å². The number of amides is 1. The Morgan fingerprint density at radius 1 is 1.14 bits per heavy atom. The second-order valence-corrected chi connectivity index (χ2v) is 8.85. The van der Waals surface area contributed by atoms with E-state index < -0.39 is 0 Å². The predicted molar refractivity (Wildman–Crippen MR) is 130 cm³/mol. The van der Waals surface area contributed by atoms with Crippen molar-refractivity contribution in [2.75, 3.05) is 46.3 Å². The van der Waals surface area contributed by atoms with Gasteiger partial charge in [-0.05, 0) is 19.8 Å². The van der Waals surface area contributed by atoms with Crippen LogP contribution in [0.5, 0.6) is 0 Å². The minimum Gasteiger partial charge on any atom is -0.351 e. The normalized spacial score (nSPS) is 19.4. The minimum absolute atomic E-state index is 0. The molecule has 9 heteroatoms. The first-order valence-corrected chi connectivity index (χ1v) is 11.3. The van der Waals surface area contributed by atoms with Gasteiger partial charge in [-0.2, -0.15) is 0 Å². The standard InChI is InChI=1S/C20H34N6OS.HI/c1-15(2)18-23-17(14-28-18)13-22-20(21-4)26-11-9-24(10-12-26)16(3)19(27)25-7-5-6-8-25;/h14-16H,5-13H2,1-4H3,(H,21,22);1H. The second kappa shape index (κ2) is 11.5. The van der Waals surface area contributed by atoms with Gasteiger partial charge < -0.3 is 15.1 Å². The molecule has 1 atom stereocenters. The van der Waals surface area contributed by atoms with Crippen LogP contribution in [0.4, 0.5) is 0 Å². The van der Waals surface area contributed by atoms with E-state index in [1.54, 1.807) is 11.3 Å². The Kier molecular flexibility index (Phi) is 9.61. The average molecular weight is 535 g/mol. The van der Waals surface area contributed by atoms with Gasteiger partial charge in [-0.1, -0.05) is 13.8 Å². The van der Waals surface area contributed by atoms with Gasteiger partial charge in [-0.15, -0.1) is 35.3 Å². The second-order valence-electron chi connectivity index (χ2n) is 7.96. The monoisotopic (exact) mass is 534 g/mol. The van der Waals surface area contributed by atoms with E-state index in [1.165, 1.54) is 5.01 Å². The number of thiazole rings is 1. The van der Waals surface area contributed by atoms with Gasteiger partial charge >= 0.3 is 0 Å². The zero-order valence-electron chi connectivity index (χ0n) is 18.1.